The van der Waals surface area contributed by atoms with E-state index in [1.807, 2.05) is 48.5 Å². The molecule has 2 amide bonds. The van der Waals surface area contributed by atoms with Gasteiger partial charge in [0.25, 0.3) is 0 Å². The summed E-state index contributed by atoms with van der Waals surface area (Å²) in [5.41, 5.74) is 4.43. The minimum absolute atomic E-state index is 0.0280. The Balaban J connectivity index is 1.37. The summed E-state index contributed by atoms with van der Waals surface area (Å²) in [7, 11) is 0. The number of carboxylic acid groups (broad SMARTS) is 1. The monoisotopic (exact) mass is 408 g/mol. The summed E-state index contributed by atoms with van der Waals surface area (Å²) >= 11 is 0. The minimum atomic E-state index is -1.14. The number of likely N-dealkylation sites (tertiary alicyclic amines) is 1. The average Bonchev–Trinajstić information content (AvgIpc) is 3.30. The second kappa shape index (κ2) is 8.57. The van der Waals surface area contributed by atoms with E-state index in [0.29, 0.717) is 19.5 Å². The summed E-state index contributed by atoms with van der Waals surface area (Å²) in [4.78, 5) is 37.2. The third kappa shape index (κ3) is 4.01. The predicted molar refractivity (Wildman–Crippen MR) is 110 cm³/mol. The molecule has 2 aliphatic rings. The quantitative estimate of drug-likeness (QED) is 0.734. The van der Waals surface area contributed by atoms with E-state index in [9.17, 15) is 19.5 Å². The molecule has 0 bridgehead atoms. The van der Waals surface area contributed by atoms with Crippen molar-refractivity contribution in [2.45, 2.75) is 31.2 Å². The summed E-state index contributed by atoms with van der Waals surface area (Å²) in [6, 6.07) is 14.9. The predicted octanol–water partition coefficient (Wildman–Crippen LogP) is 2.99. The lowest BCUT2D eigenvalue weighted by Crippen LogP contribution is -2.43. The number of hydrogen-bond acceptors (Lipinski definition) is 4. The van der Waals surface area contributed by atoms with Gasteiger partial charge >= 0.3 is 12.1 Å². The molecule has 0 unspecified atom stereocenters. The molecule has 1 saturated heterocycles. The van der Waals surface area contributed by atoms with Crippen molar-refractivity contribution in [2.24, 2.45) is 0 Å². The lowest BCUT2D eigenvalue weighted by atomic mass is 9.98. The van der Waals surface area contributed by atoms with Gasteiger partial charge in [0.15, 0.2) is 0 Å². The molecule has 0 aromatic heterocycles. The van der Waals surface area contributed by atoms with E-state index in [4.69, 9.17) is 4.74 Å². The number of rotatable bonds is 7. The Hall–Kier alpha value is -3.35. The lowest BCUT2D eigenvalue weighted by Gasteiger charge is -2.20. The van der Waals surface area contributed by atoms with Gasteiger partial charge in [0.05, 0.1) is 0 Å². The molecule has 7 heteroatoms. The van der Waals surface area contributed by atoms with Crippen molar-refractivity contribution in [3.63, 3.8) is 0 Å². The Bertz CT molecular complexity index is 928. The van der Waals surface area contributed by atoms with Crippen LogP contribution in [0.1, 0.15) is 36.3 Å². The zero-order valence-electron chi connectivity index (χ0n) is 16.5. The maximum absolute atomic E-state index is 12.3. The fourth-order valence-corrected chi connectivity index (χ4v) is 4.27. The van der Waals surface area contributed by atoms with Gasteiger partial charge in [-0.15, -0.1) is 0 Å². The molecule has 30 heavy (non-hydrogen) atoms. The van der Waals surface area contributed by atoms with Crippen molar-refractivity contribution in [3.05, 3.63) is 59.7 Å². The fourth-order valence-electron chi connectivity index (χ4n) is 4.27. The summed E-state index contributed by atoms with van der Waals surface area (Å²) in [6.07, 6.45) is 0.663. The number of benzene rings is 2. The van der Waals surface area contributed by atoms with Gasteiger partial charge in [-0.2, -0.15) is 0 Å². The number of nitrogens with zero attached hydrogens (tertiary/aromatic N) is 1. The summed E-state index contributed by atoms with van der Waals surface area (Å²) in [5.74, 6) is -1.20. The first kappa shape index (κ1) is 19.9. The number of carbonyl (C=O) groups is 3. The maximum atomic E-state index is 12.3. The van der Waals surface area contributed by atoms with Crippen LogP contribution in [0.3, 0.4) is 0 Å². The van der Waals surface area contributed by atoms with Gasteiger partial charge in [-0.3, -0.25) is 4.79 Å². The van der Waals surface area contributed by atoms with Crippen LogP contribution in [-0.4, -0.2) is 53.7 Å². The topological polar surface area (TPSA) is 95.9 Å². The van der Waals surface area contributed by atoms with Gasteiger partial charge < -0.3 is 20.1 Å². The first-order valence-corrected chi connectivity index (χ1v) is 10.2. The minimum Gasteiger partial charge on any atom is -0.480 e. The summed E-state index contributed by atoms with van der Waals surface area (Å²) < 4.78 is 5.42. The summed E-state index contributed by atoms with van der Waals surface area (Å²) in [5, 5.41) is 11.9. The second-order valence-corrected chi connectivity index (χ2v) is 7.63. The molecule has 2 aromatic carbocycles. The van der Waals surface area contributed by atoms with Gasteiger partial charge in [-0.25, -0.2) is 9.59 Å². The Morgan fingerprint density at radius 3 is 2.30 bits per heavy atom. The van der Waals surface area contributed by atoms with Crippen molar-refractivity contribution < 1.29 is 24.2 Å². The van der Waals surface area contributed by atoms with E-state index in [-0.39, 0.29) is 24.9 Å². The third-order valence-electron chi connectivity index (χ3n) is 5.79. The van der Waals surface area contributed by atoms with Crippen LogP contribution in [-0.2, 0) is 14.3 Å². The van der Waals surface area contributed by atoms with Crippen LogP contribution in [0.15, 0.2) is 48.5 Å². The molecule has 0 spiro atoms. The van der Waals surface area contributed by atoms with E-state index in [1.54, 1.807) is 4.90 Å². The first-order valence-electron chi connectivity index (χ1n) is 10.2. The lowest BCUT2D eigenvalue weighted by molar-refractivity contribution is -0.140. The highest BCUT2D eigenvalue weighted by Crippen LogP contribution is 2.44. The molecule has 1 atom stereocenters. The van der Waals surface area contributed by atoms with Gasteiger partial charge in [-0.05, 0) is 35.1 Å². The molecule has 0 radical (unpaired) electrons. The number of fused-ring (bicyclic) bond motifs is 3. The van der Waals surface area contributed by atoms with Crippen molar-refractivity contribution in [1.82, 2.24) is 10.2 Å². The number of carbonyl (C=O) groups excluding carboxylic acids is 2. The Kier molecular flexibility index (Phi) is 5.70. The molecule has 2 aromatic rings. The Morgan fingerprint density at radius 2 is 1.73 bits per heavy atom. The van der Waals surface area contributed by atoms with E-state index in [1.165, 1.54) is 0 Å². The molecule has 156 valence electrons. The molecule has 1 aliphatic carbocycles. The number of ether oxygens (including phenoxy) is 1. The normalized spacial score (nSPS) is 16.1. The van der Waals surface area contributed by atoms with Crippen molar-refractivity contribution in [3.8, 4) is 11.1 Å². The summed E-state index contributed by atoms with van der Waals surface area (Å²) in [6.45, 7) is 1.06. The van der Waals surface area contributed by atoms with Gasteiger partial charge in [0.2, 0.25) is 5.91 Å². The van der Waals surface area contributed by atoms with Crippen molar-refractivity contribution in [2.75, 3.05) is 19.7 Å². The smallest absolute Gasteiger partial charge is 0.407 e. The molecule has 0 saturated carbocycles. The molecule has 1 heterocycles. The zero-order chi connectivity index (χ0) is 21.1. The number of alkyl carbamates (subject to hydrolysis) is 1. The molecule has 7 nitrogen and oxygen atoms in total. The van der Waals surface area contributed by atoms with Crippen LogP contribution < -0.4 is 5.32 Å². The molecular formula is C23H24N2O5. The van der Waals surface area contributed by atoms with Crippen molar-refractivity contribution in [1.29, 1.82) is 0 Å². The number of hydrogen-bond donors (Lipinski definition) is 2. The Morgan fingerprint density at radius 1 is 1.10 bits per heavy atom. The maximum Gasteiger partial charge on any atom is 0.407 e. The standard InChI is InChI=1S/C23H24N2O5/c26-21-10-5-12-25(21)13-11-20(22(27)28)24-23(29)30-14-19-17-8-3-1-6-15(17)16-7-2-4-9-18(16)19/h1-4,6-9,19-20H,5,10-14H2,(H,24,29)(H,27,28)/t20-/m0/s1. The van der Waals surface area contributed by atoms with Gasteiger partial charge in [0, 0.05) is 25.4 Å². The second-order valence-electron chi connectivity index (χ2n) is 7.63. The van der Waals surface area contributed by atoms with E-state index in [0.717, 1.165) is 28.7 Å². The molecule has 1 aliphatic heterocycles. The largest absolute Gasteiger partial charge is 0.480 e. The van der Waals surface area contributed by atoms with E-state index in [2.05, 4.69) is 5.32 Å². The van der Waals surface area contributed by atoms with E-state index < -0.39 is 18.1 Å². The van der Waals surface area contributed by atoms with Crippen molar-refractivity contribution >= 4 is 18.0 Å². The highest BCUT2D eigenvalue weighted by atomic mass is 16.5. The van der Waals surface area contributed by atoms with Crippen LogP contribution in [0.2, 0.25) is 0 Å². The molecule has 4 rings (SSSR count). The van der Waals surface area contributed by atoms with Gasteiger partial charge in [0.1, 0.15) is 12.6 Å². The molecule has 1 fully saturated rings. The van der Waals surface area contributed by atoms with Crippen LogP contribution >= 0.6 is 0 Å². The fraction of sp³-hybridized carbons (Fsp3) is 0.348. The Labute approximate surface area is 174 Å². The van der Waals surface area contributed by atoms with Crippen LogP contribution in [0.4, 0.5) is 4.79 Å². The number of aliphatic carboxylic acids is 1. The highest BCUT2D eigenvalue weighted by Gasteiger charge is 2.30. The molecular weight excluding hydrogens is 384 g/mol. The van der Waals surface area contributed by atoms with Crippen LogP contribution in [0.5, 0.6) is 0 Å². The van der Waals surface area contributed by atoms with Crippen LogP contribution in [0.25, 0.3) is 11.1 Å². The molecule has 2 N–H and O–H groups in total. The van der Waals surface area contributed by atoms with Crippen LogP contribution in [0, 0.1) is 0 Å². The number of amides is 2. The van der Waals surface area contributed by atoms with Gasteiger partial charge in [-0.1, -0.05) is 48.5 Å². The SMILES string of the molecule is O=C(N[C@@H](CCN1CCCC1=O)C(=O)O)OCC1c2ccccc2-c2ccccc21. The first-order chi connectivity index (χ1) is 14.5. The average molecular weight is 408 g/mol. The number of carboxylic acids is 1. The number of nitrogens with one attached hydrogen (secondary N) is 1. The third-order valence-corrected chi connectivity index (χ3v) is 5.79. The van der Waals surface area contributed by atoms with E-state index >= 15 is 0 Å². The highest BCUT2D eigenvalue weighted by molar-refractivity contribution is 5.81. The zero-order valence-corrected chi connectivity index (χ0v) is 16.5.